The first-order valence-electron chi connectivity index (χ1n) is 8.80. The van der Waals surface area contributed by atoms with Crippen LogP contribution in [-0.2, 0) is 6.54 Å². The Kier molecular flexibility index (Phi) is 5.60. The summed E-state index contributed by atoms with van der Waals surface area (Å²) in [6, 6.07) is 9.68. The number of hydrogen-bond donors (Lipinski definition) is 3. The summed E-state index contributed by atoms with van der Waals surface area (Å²) in [5, 5.41) is 27.1. The SMILES string of the molecule is Cc1ccc2c(CNc3cc([N+](=O)[O-])ccc3NCCO)cc(=O)oc2c1C. The summed E-state index contributed by atoms with van der Waals surface area (Å²) >= 11 is 0. The number of aliphatic hydroxyl groups excluding tert-OH is 1. The molecule has 0 unspecified atom stereocenters. The predicted molar refractivity (Wildman–Crippen MR) is 108 cm³/mol. The fourth-order valence-corrected chi connectivity index (χ4v) is 3.00. The molecule has 2 aromatic carbocycles. The highest BCUT2D eigenvalue weighted by molar-refractivity contribution is 5.84. The molecule has 1 heterocycles. The van der Waals surface area contributed by atoms with Gasteiger partial charge in [0.15, 0.2) is 0 Å². The highest BCUT2D eigenvalue weighted by atomic mass is 16.6. The molecule has 0 radical (unpaired) electrons. The Labute approximate surface area is 161 Å². The second-order valence-electron chi connectivity index (χ2n) is 6.47. The van der Waals surface area contributed by atoms with Crippen LogP contribution in [0.2, 0.25) is 0 Å². The molecule has 0 atom stereocenters. The van der Waals surface area contributed by atoms with Crippen molar-refractivity contribution in [2.24, 2.45) is 0 Å². The van der Waals surface area contributed by atoms with Crippen molar-refractivity contribution < 1.29 is 14.4 Å². The fourth-order valence-electron chi connectivity index (χ4n) is 3.00. The van der Waals surface area contributed by atoms with Crippen LogP contribution in [0.4, 0.5) is 17.1 Å². The van der Waals surface area contributed by atoms with Crippen molar-refractivity contribution >= 4 is 28.0 Å². The van der Waals surface area contributed by atoms with Gasteiger partial charge >= 0.3 is 5.63 Å². The Bertz CT molecular complexity index is 1090. The predicted octanol–water partition coefficient (Wildman–Crippen LogP) is 3.33. The maximum Gasteiger partial charge on any atom is 0.336 e. The van der Waals surface area contributed by atoms with Gasteiger partial charge in [-0.2, -0.15) is 0 Å². The lowest BCUT2D eigenvalue weighted by Crippen LogP contribution is -2.10. The number of non-ortho nitro benzene ring substituents is 1. The van der Waals surface area contributed by atoms with Gasteiger partial charge < -0.3 is 20.2 Å². The Hall–Kier alpha value is -3.39. The molecule has 146 valence electrons. The number of nitro groups is 1. The van der Waals surface area contributed by atoms with E-state index in [0.717, 1.165) is 22.1 Å². The van der Waals surface area contributed by atoms with E-state index in [0.29, 0.717) is 23.5 Å². The van der Waals surface area contributed by atoms with Gasteiger partial charge in [0.2, 0.25) is 0 Å². The number of nitro benzene ring substituents is 1. The van der Waals surface area contributed by atoms with Gasteiger partial charge in [0.05, 0.1) is 22.9 Å². The number of rotatable bonds is 7. The number of fused-ring (bicyclic) bond motifs is 1. The standard InChI is InChI=1S/C20H21N3O5/c1-12-3-5-16-14(9-19(25)28-20(16)13(12)2)11-22-18-10-15(23(26)27)4-6-17(18)21-7-8-24/h3-6,9-10,21-22,24H,7-8,11H2,1-2H3. The van der Waals surface area contributed by atoms with Crippen molar-refractivity contribution in [3.8, 4) is 0 Å². The second kappa shape index (κ2) is 8.10. The molecule has 0 aliphatic carbocycles. The van der Waals surface area contributed by atoms with Crippen molar-refractivity contribution in [2.75, 3.05) is 23.8 Å². The number of hydrogen-bond acceptors (Lipinski definition) is 7. The Morgan fingerprint density at radius 1 is 1.11 bits per heavy atom. The third-order valence-corrected chi connectivity index (χ3v) is 4.63. The van der Waals surface area contributed by atoms with Crippen LogP contribution >= 0.6 is 0 Å². The summed E-state index contributed by atoms with van der Waals surface area (Å²) in [4.78, 5) is 22.6. The summed E-state index contributed by atoms with van der Waals surface area (Å²) in [6.45, 7) is 4.36. The molecule has 8 nitrogen and oxygen atoms in total. The lowest BCUT2D eigenvalue weighted by Gasteiger charge is -2.14. The molecule has 0 amide bonds. The minimum Gasteiger partial charge on any atom is -0.422 e. The smallest absolute Gasteiger partial charge is 0.336 e. The van der Waals surface area contributed by atoms with E-state index in [4.69, 9.17) is 9.52 Å². The van der Waals surface area contributed by atoms with Gasteiger partial charge in [-0.1, -0.05) is 12.1 Å². The number of aliphatic hydroxyl groups is 1. The van der Waals surface area contributed by atoms with Crippen molar-refractivity contribution in [3.05, 3.63) is 73.6 Å². The fraction of sp³-hybridized carbons (Fsp3) is 0.250. The minimum atomic E-state index is -0.473. The van der Waals surface area contributed by atoms with Crippen LogP contribution in [0.25, 0.3) is 11.0 Å². The topological polar surface area (TPSA) is 118 Å². The Balaban J connectivity index is 1.97. The molecule has 8 heteroatoms. The van der Waals surface area contributed by atoms with Crippen LogP contribution in [0.1, 0.15) is 16.7 Å². The summed E-state index contributed by atoms with van der Waals surface area (Å²) in [7, 11) is 0. The molecule has 0 saturated carbocycles. The van der Waals surface area contributed by atoms with Gasteiger partial charge in [-0.05, 0) is 36.6 Å². The van der Waals surface area contributed by atoms with Gasteiger partial charge in [-0.25, -0.2) is 4.79 Å². The van der Waals surface area contributed by atoms with Gasteiger partial charge in [0.25, 0.3) is 5.69 Å². The molecule has 0 saturated heterocycles. The van der Waals surface area contributed by atoms with E-state index >= 15 is 0 Å². The van der Waals surface area contributed by atoms with E-state index in [9.17, 15) is 14.9 Å². The van der Waals surface area contributed by atoms with Crippen molar-refractivity contribution in [1.82, 2.24) is 0 Å². The van der Waals surface area contributed by atoms with Gasteiger partial charge in [0.1, 0.15) is 5.58 Å². The summed E-state index contributed by atoms with van der Waals surface area (Å²) in [5.74, 6) is 0. The Morgan fingerprint density at radius 3 is 2.61 bits per heavy atom. The number of nitrogens with zero attached hydrogens (tertiary/aromatic N) is 1. The van der Waals surface area contributed by atoms with E-state index in [2.05, 4.69) is 10.6 Å². The first-order valence-corrected chi connectivity index (χ1v) is 8.80. The molecule has 0 fully saturated rings. The second-order valence-corrected chi connectivity index (χ2v) is 6.47. The molecule has 0 bridgehead atoms. The summed E-state index contributed by atoms with van der Waals surface area (Å²) < 4.78 is 5.38. The molecule has 0 aliphatic heterocycles. The monoisotopic (exact) mass is 383 g/mol. The van der Waals surface area contributed by atoms with Crippen LogP contribution < -0.4 is 16.3 Å². The number of aryl methyl sites for hydroxylation is 2. The van der Waals surface area contributed by atoms with Gasteiger partial charge in [-0.15, -0.1) is 0 Å². The minimum absolute atomic E-state index is 0.0547. The number of nitrogens with one attached hydrogen (secondary N) is 2. The van der Waals surface area contributed by atoms with E-state index in [1.54, 1.807) is 6.07 Å². The van der Waals surface area contributed by atoms with Crippen molar-refractivity contribution in [3.63, 3.8) is 0 Å². The average molecular weight is 383 g/mol. The molecule has 3 N–H and O–H groups in total. The highest BCUT2D eigenvalue weighted by Gasteiger charge is 2.13. The van der Waals surface area contributed by atoms with Gasteiger partial charge in [0, 0.05) is 36.7 Å². The van der Waals surface area contributed by atoms with E-state index < -0.39 is 10.5 Å². The lowest BCUT2D eigenvalue weighted by molar-refractivity contribution is -0.384. The van der Waals surface area contributed by atoms with E-state index in [-0.39, 0.29) is 18.8 Å². The van der Waals surface area contributed by atoms with Crippen molar-refractivity contribution in [1.29, 1.82) is 0 Å². The summed E-state index contributed by atoms with van der Waals surface area (Å²) in [6.07, 6.45) is 0. The lowest BCUT2D eigenvalue weighted by atomic mass is 10.0. The average Bonchev–Trinajstić information content (AvgIpc) is 2.67. The maximum absolute atomic E-state index is 12.0. The largest absolute Gasteiger partial charge is 0.422 e. The molecular weight excluding hydrogens is 362 g/mol. The molecule has 0 aliphatic rings. The quantitative estimate of drug-likeness (QED) is 0.325. The maximum atomic E-state index is 12.0. The zero-order valence-electron chi connectivity index (χ0n) is 15.6. The Morgan fingerprint density at radius 2 is 1.89 bits per heavy atom. The molecule has 3 rings (SSSR count). The zero-order valence-corrected chi connectivity index (χ0v) is 15.6. The molecule has 28 heavy (non-hydrogen) atoms. The highest BCUT2D eigenvalue weighted by Crippen LogP contribution is 2.29. The summed E-state index contributed by atoms with van der Waals surface area (Å²) in [5.41, 5.74) is 3.83. The van der Waals surface area contributed by atoms with E-state index in [1.807, 2.05) is 26.0 Å². The number of anilines is 2. The van der Waals surface area contributed by atoms with Crippen LogP contribution in [0.3, 0.4) is 0 Å². The third-order valence-electron chi connectivity index (χ3n) is 4.63. The van der Waals surface area contributed by atoms with Crippen LogP contribution in [-0.4, -0.2) is 23.2 Å². The first-order chi connectivity index (χ1) is 13.4. The normalized spacial score (nSPS) is 10.8. The van der Waals surface area contributed by atoms with E-state index in [1.165, 1.54) is 18.2 Å². The van der Waals surface area contributed by atoms with Crippen LogP contribution in [0.15, 0.2) is 45.6 Å². The first kappa shape index (κ1) is 19.4. The molecule has 3 aromatic rings. The molecular formula is C20H21N3O5. The molecule has 1 aromatic heterocycles. The van der Waals surface area contributed by atoms with Crippen molar-refractivity contribution in [2.45, 2.75) is 20.4 Å². The third kappa shape index (κ3) is 3.96. The van der Waals surface area contributed by atoms with Crippen LogP contribution in [0, 0.1) is 24.0 Å². The number of benzene rings is 2. The van der Waals surface area contributed by atoms with Gasteiger partial charge in [-0.3, -0.25) is 10.1 Å². The zero-order chi connectivity index (χ0) is 20.3. The molecule has 0 spiro atoms. The van der Waals surface area contributed by atoms with Crippen LogP contribution in [0.5, 0.6) is 0 Å².